The van der Waals surface area contributed by atoms with Crippen LogP contribution >= 0.6 is 23.2 Å². The lowest BCUT2D eigenvalue weighted by atomic mass is 10.1. The summed E-state index contributed by atoms with van der Waals surface area (Å²) < 4.78 is 27.2. The van der Waals surface area contributed by atoms with Crippen molar-refractivity contribution >= 4 is 38.9 Å². The molecule has 2 aromatic rings. The van der Waals surface area contributed by atoms with Crippen molar-refractivity contribution in [2.24, 2.45) is 0 Å². The maximum absolute atomic E-state index is 12.9. The summed E-state index contributed by atoms with van der Waals surface area (Å²) in [6.45, 7) is 6.02. The van der Waals surface area contributed by atoms with Crippen LogP contribution < -0.4 is 4.31 Å². The van der Waals surface area contributed by atoms with Gasteiger partial charge in [-0.15, -0.1) is 0 Å². The SMILES string of the molecule is CCN(c1ccc(C)c(C)c1)S(=O)(=O)c1cc(Cl)ccc1Cl. The molecule has 2 aromatic carbocycles. The van der Waals surface area contributed by atoms with E-state index in [-0.39, 0.29) is 9.92 Å². The van der Waals surface area contributed by atoms with Gasteiger partial charge in [0.1, 0.15) is 4.90 Å². The fraction of sp³-hybridized carbons (Fsp3) is 0.250. The number of benzene rings is 2. The second kappa shape index (κ2) is 6.49. The summed E-state index contributed by atoms with van der Waals surface area (Å²) in [4.78, 5) is 0.0155. The molecule has 2 rings (SSSR count). The summed E-state index contributed by atoms with van der Waals surface area (Å²) in [5, 5.41) is 0.491. The van der Waals surface area contributed by atoms with E-state index in [1.807, 2.05) is 26.0 Å². The van der Waals surface area contributed by atoms with Gasteiger partial charge in [-0.25, -0.2) is 8.42 Å². The Bertz CT molecular complexity index is 804. The third-order valence-corrected chi connectivity index (χ3v) is 6.15. The molecule has 0 aliphatic carbocycles. The van der Waals surface area contributed by atoms with E-state index in [2.05, 4.69) is 0 Å². The molecule has 0 unspecified atom stereocenters. The third kappa shape index (κ3) is 3.24. The van der Waals surface area contributed by atoms with Crippen molar-refractivity contribution in [1.82, 2.24) is 0 Å². The molecule has 0 fully saturated rings. The average molecular weight is 358 g/mol. The molecule has 0 radical (unpaired) electrons. The van der Waals surface area contributed by atoms with E-state index in [1.165, 1.54) is 16.4 Å². The van der Waals surface area contributed by atoms with E-state index >= 15 is 0 Å². The van der Waals surface area contributed by atoms with Crippen LogP contribution in [-0.4, -0.2) is 15.0 Å². The van der Waals surface area contributed by atoms with Gasteiger partial charge >= 0.3 is 0 Å². The van der Waals surface area contributed by atoms with Crippen molar-refractivity contribution in [3.63, 3.8) is 0 Å². The van der Waals surface area contributed by atoms with E-state index in [4.69, 9.17) is 23.2 Å². The molecule has 0 aliphatic rings. The van der Waals surface area contributed by atoms with Crippen LogP contribution in [-0.2, 0) is 10.0 Å². The van der Waals surface area contributed by atoms with Crippen LogP contribution in [0.1, 0.15) is 18.1 Å². The fourth-order valence-electron chi connectivity index (χ4n) is 2.17. The normalized spacial score (nSPS) is 11.5. The molecule has 0 atom stereocenters. The Hall–Kier alpha value is -1.23. The molecule has 0 spiro atoms. The van der Waals surface area contributed by atoms with Crippen molar-refractivity contribution in [2.75, 3.05) is 10.8 Å². The highest BCUT2D eigenvalue weighted by atomic mass is 35.5. The summed E-state index contributed by atoms with van der Waals surface area (Å²) in [6, 6.07) is 9.99. The quantitative estimate of drug-likeness (QED) is 0.785. The van der Waals surface area contributed by atoms with E-state index in [0.29, 0.717) is 17.3 Å². The van der Waals surface area contributed by atoms with Crippen LogP contribution in [0, 0.1) is 13.8 Å². The second-order valence-corrected chi connectivity index (χ2v) is 7.69. The smallest absolute Gasteiger partial charge is 0.265 e. The summed E-state index contributed by atoms with van der Waals surface area (Å²) in [5.74, 6) is 0. The monoisotopic (exact) mass is 357 g/mol. The lowest BCUT2D eigenvalue weighted by molar-refractivity contribution is 0.592. The van der Waals surface area contributed by atoms with E-state index < -0.39 is 10.0 Å². The number of hydrogen-bond acceptors (Lipinski definition) is 2. The molecule has 0 aliphatic heterocycles. The van der Waals surface area contributed by atoms with Gasteiger partial charge in [-0.05, 0) is 62.2 Å². The number of halogens is 2. The Kier molecular flexibility index (Phi) is 5.05. The molecule has 6 heteroatoms. The van der Waals surface area contributed by atoms with Crippen molar-refractivity contribution in [2.45, 2.75) is 25.7 Å². The van der Waals surface area contributed by atoms with Crippen LogP contribution in [0.15, 0.2) is 41.3 Å². The van der Waals surface area contributed by atoms with Gasteiger partial charge in [-0.1, -0.05) is 29.3 Å². The molecule has 0 N–H and O–H groups in total. The van der Waals surface area contributed by atoms with Crippen LogP contribution in [0.5, 0.6) is 0 Å². The minimum atomic E-state index is -3.77. The predicted octanol–water partition coefficient (Wildman–Crippen LogP) is 4.83. The van der Waals surface area contributed by atoms with Gasteiger partial charge < -0.3 is 0 Å². The van der Waals surface area contributed by atoms with Crippen molar-refractivity contribution < 1.29 is 8.42 Å². The Morgan fingerprint density at radius 1 is 1.00 bits per heavy atom. The maximum Gasteiger partial charge on any atom is 0.265 e. The van der Waals surface area contributed by atoms with Crippen molar-refractivity contribution in [3.8, 4) is 0 Å². The lowest BCUT2D eigenvalue weighted by Crippen LogP contribution is -2.31. The van der Waals surface area contributed by atoms with Crippen LogP contribution in [0.25, 0.3) is 0 Å². The third-order valence-electron chi connectivity index (χ3n) is 3.53. The predicted molar refractivity (Wildman–Crippen MR) is 92.6 cm³/mol. The molecule has 0 heterocycles. The highest BCUT2D eigenvalue weighted by Crippen LogP contribution is 2.31. The van der Waals surface area contributed by atoms with Gasteiger partial charge in [0.05, 0.1) is 10.7 Å². The van der Waals surface area contributed by atoms with Crippen LogP contribution in [0.3, 0.4) is 0 Å². The first-order valence-electron chi connectivity index (χ1n) is 6.82. The van der Waals surface area contributed by atoms with Gasteiger partial charge in [0.2, 0.25) is 0 Å². The average Bonchev–Trinajstić information content (AvgIpc) is 2.45. The molecular formula is C16H17Cl2NO2S. The summed E-state index contributed by atoms with van der Waals surface area (Å²) in [7, 11) is -3.77. The van der Waals surface area contributed by atoms with Crippen LogP contribution in [0.2, 0.25) is 10.0 Å². The van der Waals surface area contributed by atoms with Gasteiger partial charge in [0, 0.05) is 11.6 Å². The van der Waals surface area contributed by atoms with Gasteiger partial charge in [0.15, 0.2) is 0 Å². The van der Waals surface area contributed by atoms with Crippen molar-refractivity contribution in [3.05, 3.63) is 57.6 Å². The number of sulfonamides is 1. The largest absolute Gasteiger partial charge is 0.267 e. The zero-order valence-corrected chi connectivity index (χ0v) is 14.9. The number of rotatable bonds is 4. The highest BCUT2D eigenvalue weighted by Gasteiger charge is 2.26. The lowest BCUT2D eigenvalue weighted by Gasteiger charge is -2.24. The summed E-state index contributed by atoms with van der Waals surface area (Å²) in [5.41, 5.74) is 2.75. The van der Waals surface area contributed by atoms with Gasteiger partial charge in [0.25, 0.3) is 10.0 Å². The first-order chi connectivity index (χ1) is 10.3. The Morgan fingerprint density at radius 3 is 2.27 bits per heavy atom. The van der Waals surface area contributed by atoms with E-state index in [0.717, 1.165) is 11.1 Å². The molecule has 0 saturated carbocycles. The number of aryl methyl sites for hydroxylation is 2. The zero-order chi connectivity index (χ0) is 16.5. The van der Waals surface area contributed by atoms with Gasteiger partial charge in [-0.2, -0.15) is 0 Å². The van der Waals surface area contributed by atoms with Crippen molar-refractivity contribution in [1.29, 1.82) is 0 Å². The minimum absolute atomic E-state index is 0.0155. The Balaban J connectivity index is 2.58. The molecule has 3 nitrogen and oxygen atoms in total. The second-order valence-electron chi connectivity index (χ2n) is 5.01. The van der Waals surface area contributed by atoms with E-state index in [1.54, 1.807) is 19.1 Å². The molecular weight excluding hydrogens is 341 g/mol. The molecule has 0 amide bonds. The molecule has 0 saturated heterocycles. The maximum atomic E-state index is 12.9. The Morgan fingerprint density at radius 2 is 1.68 bits per heavy atom. The van der Waals surface area contributed by atoms with Crippen LogP contribution in [0.4, 0.5) is 5.69 Å². The Labute approximate surface area is 141 Å². The number of hydrogen-bond donors (Lipinski definition) is 0. The topological polar surface area (TPSA) is 37.4 Å². The molecule has 118 valence electrons. The fourth-order valence-corrected chi connectivity index (χ4v) is 4.37. The van der Waals surface area contributed by atoms with E-state index in [9.17, 15) is 8.42 Å². The highest BCUT2D eigenvalue weighted by molar-refractivity contribution is 7.93. The molecule has 0 aromatic heterocycles. The summed E-state index contributed by atoms with van der Waals surface area (Å²) in [6.07, 6.45) is 0. The first-order valence-corrected chi connectivity index (χ1v) is 9.02. The van der Waals surface area contributed by atoms with Gasteiger partial charge in [-0.3, -0.25) is 4.31 Å². The first kappa shape index (κ1) is 17.1. The zero-order valence-electron chi connectivity index (χ0n) is 12.6. The standard InChI is InChI=1S/C16H17Cl2NO2S/c1-4-19(14-7-5-11(2)12(3)9-14)22(20,21)16-10-13(17)6-8-15(16)18/h5-10H,4H2,1-3H3. The molecule has 0 bridgehead atoms. The number of nitrogens with zero attached hydrogens (tertiary/aromatic N) is 1. The summed E-state index contributed by atoms with van der Waals surface area (Å²) >= 11 is 12.0. The number of anilines is 1. The molecule has 22 heavy (non-hydrogen) atoms. The minimum Gasteiger partial charge on any atom is -0.267 e.